The van der Waals surface area contributed by atoms with Crippen molar-refractivity contribution >= 4 is 21.9 Å². The van der Waals surface area contributed by atoms with Crippen LogP contribution >= 0.6 is 0 Å². The zero-order chi connectivity index (χ0) is 21.0. The summed E-state index contributed by atoms with van der Waals surface area (Å²) >= 11 is 0. The Labute approximate surface area is 190 Å². The van der Waals surface area contributed by atoms with E-state index in [0.717, 1.165) is 65.9 Å². The molecule has 5 heteroatoms. The standard InChI is InChI=1S/C26H24N4O.CH4.H2/c1-2-7-20-14-23-24-15-22(16-28-26(24)29-25(23)17-27-20)31-21-10-8-19(9-11-21)18-30-12-5-3-4-6-13-30;;/h3-4,8-11,14-17H,5-6,12-13,18H2,1H3,(H,28,29);1H4;1H. The van der Waals surface area contributed by atoms with Crippen LogP contribution in [0.4, 0.5) is 0 Å². The number of H-pyrrole nitrogens is 1. The summed E-state index contributed by atoms with van der Waals surface area (Å²) in [6.07, 6.45) is 10.4. The maximum Gasteiger partial charge on any atom is 0.146 e. The molecule has 0 saturated carbocycles. The number of rotatable bonds is 4. The summed E-state index contributed by atoms with van der Waals surface area (Å²) in [5, 5.41) is 2.04. The first-order chi connectivity index (χ1) is 15.3. The summed E-state index contributed by atoms with van der Waals surface area (Å²) in [6.45, 7) is 5.02. The lowest BCUT2D eigenvalue weighted by molar-refractivity contribution is 0.281. The zero-order valence-electron chi connectivity index (χ0n) is 17.6. The molecule has 0 fully saturated rings. The number of fused-ring (bicyclic) bond motifs is 3. The molecule has 4 heterocycles. The van der Waals surface area contributed by atoms with Crippen LogP contribution < -0.4 is 4.74 Å². The highest BCUT2D eigenvalue weighted by Crippen LogP contribution is 2.29. The summed E-state index contributed by atoms with van der Waals surface area (Å²) in [7, 11) is 0. The fraction of sp³-hybridized carbons (Fsp3) is 0.259. The molecule has 0 radical (unpaired) electrons. The predicted octanol–water partition coefficient (Wildman–Crippen LogP) is 6.31. The third kappa shape index (κ3) is 4.66. The summed E-state index contributed by atoms with van der Waals surface area (Å²) in [4.78, 5) is 14.7. The van der Waals surface area contributed by atoms with Crippen LogP contribution in [-0.4, -0.2) is 32.9 Å². The van der Waals surface area contributed by atoms with Gasteiger partial charge in [0.05, 0.1) is 17.9 Å². The Balaban J connectivity index is 0.00000153. The Hall–Kier alpha value is -3.62. The second-order valence-corrected chi connectivity index (χ2v) is 7.75. The lowest BCUT2D eigenvalue weighted by Crippen LogP contribution is -2.24. The number of benzene rings is 1. The van der Waals surface area contributed by atoms with Gasteiger partial charge in [-0.05, 0) is 55.5 Å². The largest absolute Gasteiger partial charge is 0.456 e. The Bertz CT molecular complexity index is 1310. The average molecular weight is 427 g/mol. The van der Waals surface area contributed by atoms with Gasteiger partial charge in [-0.2, -0.15) is 0 Å². The van der Waals surface area contributed by atoms with E-state index >= 15 is 0 Å². The summed E-state index contributed by atoms with van der Waals surface area (Å²) in [5.74, 6) is 7.42. The molecule has 0 atom stereocenters. The van der Waals surface area contributed by atoms with E-state index in [2.05, 4.69) is 56.0 Å². The van der Waals surface area contributed by atoms with Gasteiger partial charge in [0.1, 0.15) is 22.8 Å². The molecular formula is C27H30N4O. The Kier molecular flexibility index (Phi) is 6.53. The van der Waals surface area contributed by atoms with Crippen LogP contribution in [0.25, 0.3) is 21.9 Å². The van der Waals surface area contributed by atoms with Crippen LogP contribution in [0, 0.1) is 11.8 Å². The molecule has 1 aromatic carbocycles. The first-order valence-electron chi connectivity index (χ1n) is 10.6. The second kappa shape index (κ2) is 9.67. The van der Waals surface area contributed by atoms with Gasteiger partial charge in [-0.1, -0.05) is 37.6 Å². The van der Waals surface area contributed by atoms with Gasteiger partial charge in [-0.25, -0.2) is 9.97 Å². The molecule has 5 nitrogen and oxygen atoms in total. The van der Waals surface area contributed by atoms with E-state index in [9.17, 15) is 0 Å². The molecule has 1 aliphatic heterocycles. The summed E-state index contributed by atoms with van der Waals surface area (Å²) < 4.78 is 6.10. The van der Waals surface area contributed by atoms with Crippen molar-refractivity contribution in [2.24, 2.45) is 0 Å². The molecule has 3 aromatic heterocycles. The third-order valence-electron chi connectivity index (χ3n) is 5.52. The highest BCUT2D eigenvalue weighted by Gasteiger charge is 2.10. The van der Waals surface area contributed by atoms with Gasteiger partial charge in [0.2, 0.25) is 0 Å². The van der Waals surface area contributed by atoms with Crippen molar-refractivity contribution < 1.29 is 6.16 Å². The van der Waals surface area contributed by atoms with Crippen LogP contribution in [0.5, 0.6) is 11.5 Å². The minimum absolute atomic E-state index is 0. The average Bonchev–Trinajstić information content (AvgIpc) is 2.94. The van der Waals surface area contributed by atoms with E-state index in [1.54, 1.807) is 12.4 Å². The molecule has 4 aromatic rings. The van der Waals surface area contributed by atoms with Crippen LogP contribution in [0.15, 0.2) is 60.9 Å². The molecule has 164 valence electrons. The Morgan fingerprint density at radius 3 is 2.53 bits per heavy atom. The monoisotopic (exact) mass is 426 g/mol. The van der Waals surface area contributed by atoms with Crippen molar-refractivity contribution in [3.63, 3.8) is 0 Å². The van der Waals surface area contributed by atoms with E-state index in [1.807, 2.05) is 31.2 Å². The van der Waals surface area contributed by atoms with Crippen molar-refractivity contribution in [3.05, 3.63) is 72.2 Å². The molecule has 0 amide bonds. The van der Waals surface area contributed by atoms with E-state index < -0.39 is 0 Å². The molecule has 32 heavy (non-hydrogen) atoms. The van der Waals surface area contributed by atoms with Crippen molar-refractivity contribution in [1.82, 2.24) is 19.9 Å². The van der Waals surface area contributed by atoms with Gasteiger partial charge >= 0.3 is 0 Å². The number of hydrogen-bond acceptors (Lipinski definition) is 4. The molecule has 5 rings (SSSR count). The van der Waals surface area contributed by atoms with E-state index in [4.69, 9.17) is 4.74 Å². The Morgan fingerprint density at radius 2 is 1.78 bits per heavy atom. The van der Waals surface area contributed by atoms with Gasteiger partial charge in [0.25, 0.3) is 0 Å². The van der Waals surface area contributed by atoms with Gasteiger partial charge in [0, 0.05) is 31.8 Å². The quantitative estimate of drug-likeness (QED) is 0.307. The zero-order valence-corrected chi connectivity index (χ0v) is 17.6. The van der Waals surface area contributed by atoms with Crippen molar-refractivity contribution in [2.45, 2.75) is 33.7 Å². The van der Waals surface area contributed by atoms with Crippen molar-refractivity contribution in [2.75, 3.05) is 13.1 Å². The fourth-order valence-electron chi connectivity index (χ4n) is 3.99. The highest BCUT2D eigenvalue weighted by molar-refractivity contribution is 6.06. The normalized spacial score (nSPS) is 13.9. The number of nitrogens with one attached hydrogen (secondary N) is 1. The van der Waals surface area contributed by atoms with Crippen LogP contribution in [0.3, 0.4) is 0 Å². The van der Waals surface area contributed by atoms with Crippen molar-refractivity contribution in [1.29, 1.82) is 0 Å². The molecule has 1 N–H and O–H groups in total. The van der Waals surface area contributed by atoms with E-state index in [-0.39, 0.29) is 8.85 Å². The number of hydrogen-bond donors (Lipinski definition) is 1. The first kappa shape index (κ1) is 21.6. The number of ether oxygens (including phenoxy) is 1. The van der Waals surface area contributed by atoms with Gasteiger partial charge in [0.15, 0.2) is 0 Å². The van der Waals surface area contributed by atoms with Gasteiger partial charge in [-0.3, -0.25) is 4.90 Å². The number of aromatic amines is 1. The second-order valence-electron chi connectivity index (χ2n) is 7.75. The van der Waals surface area contributed by atoms with Crippen LogP contribution in [0.1, 0.15) is 39.9 Å². The minimum Gasteiger partial charge on any atom is -0.456 e. The molecule has 0 saturated heterocycles. The minimum atomic E-state index is 0. The third-order valence-corrected chi connectivity index (χ3v) is 5.52. The lowest BCUT2D eigenvalue weighted by Gasteiger charge is -2.19. The molecule has 0 spiro atoms. The maximum absolute atomic E-state index is 6.10. The molecular weight excluding hydrogens is 396 g/mol. The summed E-state index contributed by atoms with van der Waals surface area (Å²) in [6, 6.07) is 12.4. The smallest absolute Gasteiger partial charge is 0.146 e. The van der Waals surface area contributed by atoms with Gasteiger partial charge in [-0.15, -0.1) is 0 Å². The highest BCUT2D eigenvalue weighted by atomic mass is 16.5. The van der Waals surface area contributed by atoms with E-state index in [1.165, 1.54) is 5.56 Å². The lowest BCUT2D eigenvalue weighted by atomic mass is 10.2. The molecule has 0 unspecified atom stereocenters. The number of pyridine rings is 2. The topological polar surface area (TPSA) is 54.0 Å². The molecule has 0 bridgehead atoms. The van der Waals surface area contributed by atoms with Crippen LogP contribution in [0.2, 0.25) is 0 Å². The van der Waals surface area contributed by atoms with Crippen molar-refractivity contribution in [3.8, 4) is 23.3 Å². The first-order valence-corrected chi connectivity index (χ1v) is 10.6. The van der Waals surface area contributed by atoms with Gasteiger partial charge < -0.3 is 9.72 Å². The maximum atomic E-state index is 6.10. The molecule has 0 aliphatic carbocycles. The Morgan fingerprint density at radius 1 is 1.00 bits per heavy atom. The summed E-state index contributed by atoms with van der Waals surface area (Å²) in [5.41, 5.74) is 3.80. The fourth-order valence-corrected chi connectivity index (χ4v) is 3.99. The number of nitrogens with zero attached hydrogens (tertiary/aromatic N) is 3. The molecule has 1 aliphatic rings. The van der Waals surface area contributed by atoms with E-state index in [0.29, 0.717) is 5.75 Å². The SMILES string of the molecule is C.CC#Cc1cc2c(cn1)[nH]c1ncc(Oc3ccc(CN4CCC=CCC4)cc3)cc12.[HH]. The predicted molar refractivity (Wildman–Crippen MR) is 133 cm³/mol. The number of aromatic nitrogens is 3. The van der Waals surface area contributed by atoms with Crippen LogP contribution in [-0.2, 0) is 6.54 Å².